The Morgan fingerprint density at radius 1 is 0.846 bits per heavy atom. The maximum atomic E-state index is 13.5. The zero-order chi connectivity index (χ0) is 29.1. The molecule has 0 aliphatic rings. The molecule has 210 valence electrons. The van der Waals surface area contributed by atoms with Gasteiger partial charge in [0.2, 0.25) is 0 Å². The molecule has 0 bridgehead atoms. The number of benzene rings is 3. The lowest BCUT2D eigenvalue weighted by molar-refractivity contribution is -0.138. The minimum Gasteiger partial charge on any atom is -0.496 e. The number of alkyl carbamates (subject to hydrolysis) is 1. The highest BCUT2D eigenvalue weighted by molar-refractivity contribution is 6.30. The van der Waals surface area contributed by atoms with Crippen LogP contribution in [0.3, 0.4) is 0 Å². The summed E-state index contributed by atoms with van der Waals surface area (Å²) in [5.41, 5.74) is 0.0812. The van der Waals surface area contributed by atoms with Crippen molar-refractivity contribution in [3.63, 3.8) is 0 Å². The minimum atomic E-state index is -4.66. The molecule has 11 heteroatoms. The van der Waals surface area contributed by atoms with E-state index in [1.807, 2.05) is 26.0 Å². The van der Waals surface area contributed by atoms with Crippen molar-refractivity contribution in [2.45, 2.75) is 51.7 Å². The minimum absolute atomic E-state index is 0.0000282. The molecular weight excluding hydrogens is 548 g/mol. The molecule has 0 aliphatic heterocycles. The van der Waals surface area contributed by atoms with Gasteiger partial charge in [-0.05, 0) is 77.6 Å². The van der Waals surface area contributed by atoms with Crippen LogP contribution in [0, 0.1) is 0 Å². The first-order valence-corrected chi connectivity index (χ1v) is 12.2. The zero-order valence-electron chi connectivity index (χ0n) is 21.4. The number of amides is 1. The number of carbonyl (C=O) groups excluding carboxylic acids is 1. The molecule has 0 aromatic heterocycles. The van der Waals surface area contributed by atoms with Crippen LogP contribution >= 0.6 is 11.6 Å². The molecule has 0 saturated heterocycles. The van der Waals surface area contributed by atoms with Crippen molar-refractivity contribution in [1.29, 1.82) is 0 Å². The van der Waals surface area contributed by atoms with Gasteiger partial charge in [-0.3, -0.25) is 0 Å². The summed E-state index contributed by atoms with van der Waals surface area (Å²) in [4.78, 5) is 12.5. The first kappa shape index (κ1) is 30.1. The van der Waals surface area contributed by atoms with E-state index in [4.69, 9.17) is 21.1 Å². The first-order chi connectivity index (χ1) is 18.1. The molecule has 0 radical (unpaired) electrons. The van der Waals surface area contributed by atoms with Crippen molar-refractivity contribution in [3.8, 4) is 16.9 Å². The monoisotopic (exact) mass is 573 g/mol. The van der Waals surface area contributed by atoms with E-state index < -0.39 is 35.7 Å². The van der Waals surface area contributed by atoms with Crippen molar-refractivity contribution in [2.75, 3.05) is 7.11 Å². The van der Waals surface area contributed by atoms with E-state index in [1.54, 1.807) is 6.07 Å². The van der Waals surface area contributed by atoms with Gasteiger partial charge in [-0.15, -0.1) is 0 Å². The summed E-state index contributed by atoms with van der Waals surface area (Å²) < 4.78 is 90.5. The van der Waals surface area contributed by atoms with Gasteiger partial charge < -0.3 is 14.8 Å². The van der Waals surface area contributed by atoms with Crippen molar-refractivity contribution in [3.05, 3.63) is 87.4 Å². The van der Waals surface area contributed by atoms with Gasteiger partial charge in [0.1, 0.15) is 11.9 Å². The lowest BCUT2D eigenvalue weighted by Gasteiger charge is -2.19. The van der Waals surface area contributed by atoms with E-state index >= 15 is 0 Å². The number of methoxy groups -OCH3 is 1. The highest BCUT2D eigenvalue weighted by Crippen LogP contribution is 2.38. The zero-order valence-corrected chi connectivity index (χ0v) is 22.2. The molecule has 1 amide bonds. The van der Waals surface area contributed by atoms with Gasteiger partial charge in [-0.2, -0.15) is 26.3 Å². The van der Waals surface area contributed by atoms with E-state index in [2.05, 4.69) is 5.32 Å². The fourth-order valence-electron chi connectivity index (χ4n) is 3.92. The van der Waals surface area contributed by atoms with Gasteiger partial charge in [0.05, 0.1) is 18.2 Å². The fraction of sp³-hybridized carbons (Fsp3) is 0.321. The fourth-order valence-corrected chi connectivity index (χ4v) is 4.17. The third-order valence-corrected chi connectivity index (χ3v) is 6.26. The Bertz CT molecular complexity index is 1340. The van der Waals surface area contributed by atoms with Crippen LogP contribution in [0.4, 0.5) is 31.1 Å². The Labute approximate surface area is 226 Å². The molecule has 39 heavy (non-hydrogen) atoms. The third kappa shape index (κ3) is 7.59. The molecule has 1 unspecified atom stereocenters. The summed E-state index contributed by atoms with van der Waals surface area (Å²) in [6.45, 7) is 4.93. The number of halogens is 7. The van der Waals surface area contributed by atoms with Crippen molar-refractivity contribution in [2.24, 2.45) is 0 Å². The SMILES string of the molecule is COc1ccc(C(C)C)cc1-c1ccc(C(F)(F)F)cc1CNC(=O)OC(C)c1cc(Cl)cc(C(F)(F)F)c1. The normalized spacial score (nSPS) is 12.8. The molecule has 3 aromatic carbocycles. The standard InChI is InChI=1S/C28H26ClF6NO3/c1-15(2)17-5-8-25(38-4)24(12-17)23-7-6-20(27(30,31)32)10-19(23)14-36-26(37)39-16(3)18-9-21(28(33,34)35)13-22(29)11-18/h5-13,15-16H,14H2,1-4H3,(H,36,37). The topological polar surface area (TPSA) is 47.6 Å². The Hall–Kier alpha value is -3.40. The summed E-state index contributed by atoms with van der Waals surface area (Å²) >= 11 is 5.80. The molecule has 0 fully saturated rings. The lowest BCUT2D eigenvalue weighted by Crippen LogP contribution is -2.25. The highest BCUT2D eigenvalue weighted by Gasteiger charge is 2.33. The molecule has 0 saturated carbocycles. The largest absolute Gasteiger partial charge is 0.496 e. The van der Waals surface area contributed by atoms with Gasteiger partial charge in [-0.1, -0.05) is 37.6 Å². The second-order valence-electron chi connectivity index (χ2n) is 9.16. The predicted octanol–water partition coefficient (Wildman–Crippen LogP) is 9.16. The Balaban J connectivity index is 1.89. The van der Waals surface area contributed by atoms with Crippen molar-refractivity contribution < 1.29 is 40.6 Å². The van der Waals surface area contributed by atoms with Gasteiger partial charge in [0.25, 0.3) is 0 Å². The maximum Gasteiger partial charge on any atom is 0.416 e. The number of rotatable bonds is 7. The van der Waals surface area contributed by atoms with Crippen LogP contribution in [0.5, 0.6) is 5.75 Å². The Morgan fingerprint density at radius 3 is 2.10 bits per heavy atom. The van der Waals surface area contributed by atoms with E-state index in [1.165, 1.54) is 26.2 Å². The quantitative estimate of drug-likeness (QED) is 0.287. The predicted molar refractivity (Wildman–Crippen MR) is 136 cm³/mol. The summed E-state index contributed by atoms with van der Waals surface area (Å²) in [5.74, 6) is 0.560. The van der Waals surface area contributed by atoms with Crippen molar-refractivity contribution >= 4 is 17.7 Å². The van der Waals surface area contributed by atoms with Crippen LogP contribution in [0.15, 0.2) is 54.6 Å². The average Bonchev–Trinajstić information content (AvgIpc) is 2.85. The summed E-state index contributed by atoms with van der Waals surface area (Å²) in [7, 11) is 1.44. The second-order valence-corrected chi connectivity index (χ2v) is 9.59. The summed E-state index contributed by atoms with van der Waals surface area (Å²) in [6, 6.07) is 11.3. The lowest BCUT2D eigenvalue weighted by atomic mass is 9.92. The van der Waals surface area contributed by atoms with E-state index in [0.29, 0.717) is 16.9 Å². The van der Waals surface area contributed by atoms with Crippen molar-refractivity contribution in [1.82, 2.24) is 5.32 Å². The summed E-state index contributed by atoms with van der Waals surface area (Å²) in [5, 5.41) is 2.21. The van der Waals surface area contributed by atoms with Crippen LogP contribution in [-0.4, -0.2) is 13.2 Å². The molecular formula is C28H26ClF6NO3. The Kier molecular flexibility index (Phi) is 9.10. The van der Waals surface area contributed by atoms with Gasteiger partial charge in [-0.25, -0.2) is 4.79 Å². The number of ether oxygens (including phenoxy) is 2. The van der Waals surface area contributed by atoms with E-state index in [-0.39, 0.29) is 28.6 Å². The number of alkyl halides is 6. The summed E-state index contributed by atoms with van der Waals surface area (Å²) in [6.07, 6.45) is -11.5. The number of carbonyl (C=O) groups is 1. The molecule has 4 nitrogen and oxygen atoms in total. The molecule has 1 N–H and O–H groups in total. The van der Waals surface area contributed by atoms with Crippen LogP contribution in [0.25, 0.3) is 11.1 Å². The number of hydrogen-bond acceptors (Lipinski definition) is 3. The molecule has 0 spiro atoms. The van der Waals surface area contributed by atoms with Crippen LogP contribution in [0.1, 0.15) is 60.6 Å². The van der Waals surface area contributed by atoms with Crippen LogP contribution < -0.4 is 10.1 Å². The average molecular weight is 574 g/mol. The molecule has 0 heterocycles. The third-order valence-electron chi connectivity index (χ3n) is 6.04. The second kappa shape index (κ2) is 11.8. The Morgan fingerprint density at radius 2 is 1.51 bits per heavy atom. The maximum absolute atomic E-state index is 13.5. The number of hydrogen-bond donors (Lipinski definition) is 1. The molecule has 3 aromatic rings. The van der Waals surface area contributed by atoms with Gasteiger partial charge in [0, 0.05) is 17.1 Å². The number of nitrogens with one attached hydrogen (secondary N) is 1. The molecule has 0 aliphatic carbocycles. The smallest absolute Gasteiger partial charge is 0.416 e. The van der Waals surface area contributed by atoms with Crippen LogP contribution in [0.2, 0.25) is 5.02 Å². The van der Waals surface area contributed by atoms with E-state index in [9.17, 15) is 31.1 Å². The van der Waals surface area contributed by atoms with Gasteiger partial charge in [0.15, 0.2) is 0 Å². The highest BCUT2D eigenvalue weighted by atomic mass is 35.5. The van der Waals surface area contributed by atoms with E-state index in [0.717, 1.165) is 29.8 Å². The molecule has 1 atom stereocenters. The van der Waals surface area contributed by atoms with Gasteiger partial charge >= 0.3 is 18.4 Å². The molecule has 3 rings (SSSR count). The van der Waals surface area contributed by atoms with Crippen LogP contribution in [-0.2, 0) is 23.6 Å². The first-order valence-electron chi connectivity index (χ1n) is 11.8.